The average Bonchev–Trinajstić information content (AvgIpc) is 2.86. The van der Waals surface area contributed by atoms with Gasteiger partial charge in [-0.2, -0.15) is 0 Å². The fourth-order valence-electron chi connectivity index (χ4n) is 0.906. The summed E-state index contributed by atoms with van der Waals surface area (Å²) in [7, 11) is 1.35. The average molecular weight is 226 g/mol. The van der Waals surface area contributed by atoms with E-state index in [2.05, 4.69) is 14.7 Å². The van der Waals surface area contributed by atoms with Crippen LogP contribution in [-0.4, -0.2) is 23.0 Å². The first-order valence-corrected chi connectivity index (χ1v) is 5.50. The van der Waals surface area contributed by atoms with Crippen molar-refractivity contribution < 1.29 is 9.53 Å². The van der Waals surface area contributed by atoms with Gasteiger partial charge in [0.05, 0.1) is 18.8 Å². The van der Waals surface area contributed by atoms with Crippen molar-refractivity contribution in [3.63, 3.8) is 0 Å². The van der Waals surface area contributed by atoms with Crippen LogP contribution in [0.5, 0.6) is 0 Å². The van der Waals surface area contributed by atoms with Gasteiger partial charge in [0.1, 0.15) is 15.6 Å². The van der Waals surface area contributed by atoms with E-state index < -0.39 is 0 Å². The summed E-state index contributed by atoms with van der Waals surface area (Å²) in [6, 6.07) is 0. The lowest BCUT2D eigenvalue weighted by molar-refractivity contribution is 0.0606. The molecule has 72 valence electrons. The Bertz CT molecular complexity index is 436. The number of ether oxygens (including phenoxy) is 1. The summed E-state index contributed by atoms with van der Waals surface area (Å²) in [6.07, 6.45) is 1.51. The SMILES string of the molecule is COC(=O)c1cnc(-c2cscn2)s1. The highest BCUT2D eigenvalue weighted by molar-refractivity contribution is 7.17. The van der Waals surface area contributed by atoms with E-state index in [1.807, 2.05) is 5.38 Å². The van der Waals surface area contributed by atoms with E-state index in [1.54, 1.807) is 5.51 Å². The van der Waals surface area contributed by atoms with Gasteiger partial charge >= 0.3 is 5.97 Å². The van der Waals surface area contributed by atoms with Crippen LogP contribution >= 0.6 is 22.7 Å². The number of rotatable bonds is 2. The van der Waals surface area contributed by atoms with Crippen molar-refractivity contribution in [3.8, 4) is 10.7 Å². The minimum absolute atomic E-state index is 0.357. The minimum Gasteiger partial charge on any atom is -0.465 e. The fraction of sp³-hybridized carbons (Fsp3) is 0.125. The summed E-state index contributed by atoms with van der Waals surface area (Å²) in [5.74, 6) is -0.357. The Hall–Kier alpha value is -1.27. The van der Waals surface area contributed by atoms with Crippen molar-refractivity contribution in [1.29, 1.82) is 0 Å². The van der Waals surface area contributed by atoms with Crippen molar-refractivity contribution in [1.82, 2.24) is 9.97 Å². The Morgan fingerprint density at radius 3 is 3.00 bits per heavy atom. The molecule has 0 aliphatic rings. The van der Waals surface area contributed by atoms with Crippen LogP contribution < -0.4 is 0 Å². The number of hydrogen-bond acceptors (Lipinski definition) is 6. The van der Waals surface area contributed by atoms with Crippen LogP contribution in [0.15, 0.2) is 17.1 Å². The van der Waals surface area contributed by atoms with Crippen molar-refractivity contribution in [2.75, 3.05) is 7.11 Å². The Balaban J connectivity index is 2.31. The molecule has 0 unspecified atom stereocenters. The molecule has 0 atom stereocenters. The molecule has 14 heavy (non-hydrogen) atoms. The van der Waals surface area contributed by atoms with Gasteiger partial charge in [0.2, 0.25) is 0 Å². The minimum atomic E-state index is -0.357. The van der Waals surface area contributed by atoms with Gasteiger partial charge in [-0.1, -0.05) is 0 Å². The van der Waals surface area contributed by atoms with Crippen LogP contribution in [0, 0.1) is 0 Å². The van der Waals surface area contributed by atoms with E-state index in [9.17, 15) is 4.79 Å². The second-order valence-corrected chi connectivity index (χ2v) is 4.14. The summed E-state index contributed by atoms with van der Waals surface area (Å²) < 4.78 is 4.58. The van der Waals surface area contributed by atoms with Gasteiger partial charge in [0.25, 0.3) is 0 Å². The summed E-state index contributed by atoms with van der Waals surface area (Å²) in [4.78, 5) is 19.8. The first-order valence-electron chi connectivity index (χ1n) is 3.74. The van der Waals surface area contributed by atoms with Gasteiger partial charge in [-0.05, 0) is 0 Å². The monoisotopic (exact) mass is 226 g/mol. The topological polar surface area (TPSA) is 52.1 Å². The molecule has 2 aromatic heterocycles. The van der Waals surface area contributed by atoms with Crippen LogP contribution in [0.4, 0.5) is 0 Å². The number of methoxy groups -OCH3 is 1. The van der Waals surface area contributed by atoms with Gasteiger partial charge in [0, 0.05) is 5.38 Å². The largest absolute Gasteiger partial charge is 0.465 e. The molecule has 0 saturated carbocycles. The lowest BCUT2D eigenvalue weighted by atomic mass is 10.5. The number of esters is 1. The van der Waals surface area contributed by atoms with E-state index in [0.717, 1.165) is 10.7 Å². The fourth-order valence-corrected chi connectivity index (χ4v) is 2.32. The molecule has 0 spiro atoms. The van der Waals surface area contributed by atoms with Gasteiger partial charge in [0.15, 0.2) is 0 Å². The lowest BCUT2D eigenvalue weighted by Gasteiger charge is -1.90. The number of hydrogen-bond donors (Lipinski definition) is 0. The second kappa shape index (κ2) is 3.85. The Labute approximate surface area is 88.2 Å². The molecular weight excluding hydrogens is 220 g/mol. The highest BCUT2D eigenvalue weighted by atomic mass is 32.1. The van der Waals surface area contributed by atoms with Crippen molar-refractivity contribution in [3.05, 3.63) is 22.0 Å². The zero-order valence-electron chi connectivity index (χ0n) is 7.26. The maximum Gasteiger partial charge on any atom is 0.349 e. The molecule has 2 heterocycles. The van der Waals surface area contributed by atoms with E-state index in [4.69, 9.17) is 0 Å². The molecule has 0 bridgehead atoms. The zero-order valence-corrected chi connectivity index (χ0v) is 8.89. The number of carbonyl (C=O) groups is 1. The first-order chi connectivity index (χ1) is 6.81. The van der Waals surface area contributed by atoms with Crippen LogP contribution in [0.2, 0.25) is 0 Å². The van der Waals surface area contributed by atoms with Gasteiger partial charge < -0.3 is 4.74 Å². The standard InChI is InChI=1S/C8H6N2O2S2/c1-12-8(11)6-2-9-7(14-6)5-3-13-4-10-5/h2-4H,1H3. The number of nitrogens with zero attached hydrogens (tertiary/aromatic N) is 2. The van der Waals surface area contributed by atoms with Crippen LogP contribution in [-0.2, 0) is 4.74 Å². The van der Waals surface area contributed by atoms with Crippen LogP contribution in [0.25, 0.3) is 10.7 Å². The summed E-state index contributed by atoms with van der Waals surface area (Å²) in [5.41, 5.74) is 2.53. The van der Waals surface area contributed by atoms with Crippen LogP contribution in [0.3, 0.4) is 0 Å². The molecule has 2 aromatic rings. The maximum atomic E-state index is 11.1. The summed E-state index contributed by atoms with van der Waals surface area (Å²) in [6.45, 7) is 0. The van der Waals surface area contributed by atoms with Crippen molar-refractivity contribution in [2.24, 2.45) is 0 Å². The quantitative estimate of drug-likeness (QED) is 0.735. The normalized spacial score (nSPS) is 10.1. The Morgan fingerprint density at radius 2 is 2.36 bits per heavy atom. The molecule has 0 N–H and O–H groups in total. The van der Waals surface area contributed by atoms with Gasteiger partial charge in [-0.15, -0.1) is 22.7 Å². The highest BCUT2D eigenvalue weighted by Crippen LogP contribution is 2.24. The number of aromatic nitrogens is 2. The molecule has 0 saturated heterocycles. The third-order valence-corrected chi connectivity index (χ3v) is 3.13. The zero-order chi connectivity index (χ0) is 9.97. The second-order valence-electron chi connectivity index (χ2n) is 2.39. The molecule has 0 aliphatic carbocycles. The first kappa shape index (κ1) is 9.29. The predicted molar refractivity (Wildman–Crippen MR) is 54.6 cm³/mol. The molecule has 0 fully saturated rings. The molecule has 0 aliphatic heterocycles. The molecular formula is C8H6N2O2S2. The Morgan fingerprint density at radius 1 is 1.50 bits per heavy atom. The molecule has 4 nitrogen and oxygen atoms in total. The predicted octanol–water partition coefficient (Wildman–Crippen LogP) is 2.05. The maximum absolute atomic E-state index is 11.1. The molecule has 6 heteroatoms. The third kappa shape index (κ3) is 1.66. The van der Waals surface area contributed by atoms with E-state index in [-0.39, 0.29) is 5.97 Å². The number of thiazole rings is 2. The molecule has 0 aromatic carbocycles. The Kier molecular flexibility index (Phi) is 2.55. The van der Waals surface area contributed by atoms with Crippen LogP contribution in [0.1, 0.15) is 9.67 Å². The highest BCUT2D eigenvalue weighted by Gasteiger charge is 2.12. The van der Waals surface area contributed by atoms with Crippen molar-refractivity contribution in [2.45, 2.75) is 0 Å². The summed E-state index contributed by atoms with van der Waals surface area (Å²) >= 11 is 2.78. The van der Waals surface area contributed by atoms with Gasteiger partial charge in [-0.25, -0.2) is 14.8 Å². The van der Waals surface area contributed by atoms with Gasteiger partial charge in [-0.3, -0.25) is 0 Å². The molecule has 0 amide bonds. The van der Waals surface area contributed by atoms with Crippen molar-refractivity contribution >= 4 is 28.6 Å². The summed E-state index contributed by atoms with van der Waals surface area (Å²) in [5, 5.41) is 2.63. The van der Waals surface area contributed by atoms with E-state index in [1.165, 1.54) is 36.0 Å². The van der Waals surface area contributed by atoms with E-state index >= 15 is 0 Å². The number of carbonyl (C=O) groups excluding carboxylic acids is 1. The third-order valence-electron chi connectivity index (χ3n) is 1.54. The molecule has 0 radical (unpaired) electrons. The molecule has 2 rings (SSSR count). The van der Waals surface area contributed by atoms with E-state index in [0.29, 0.717) is 4.88 Å². The lowest BCUT2D eigenvalue weighted by Crippen LogP contribution is -1.96. The smallest absolute Gasteiger partial charge is 0.349 e.